The van der Waals surface area contributed by atoms with E-state index >= 15 is 0 Å². The molecule has 1 unspecified atom stereocenters. The van der Waals surface area contributed by atoms with Crippen molar-refractivity contribution in [2.75, 3.05) is 6.26 Å². The first-order valence-electron chi connectivity index (χ1n) is 4.74. The van der Waals surface area contributed by atoms with Crippen molar-refractivity contribution in [2.24, 2.45) is 7.05 Å². The molecule has 0 saturated heterocycles. The number of aromatic nitrogens is 1. The number of para-hydroxylation sites is 1. The summed E-state index contributed by atoms with van der Waals surface area (Å²) >= 11 is 1.58. The Morgan fingerprint density at radius 1 is 1.40 bits per heavy atom. The lowest BCUT2D eigenvalue weighted by molar-refractivity contribution is 0.959. The highest BCUT2D eigenvalue weighted by atomic mass is 32.2. The van der Waals surface area contributed by atoms with Crippen LogP contribution in [-0.4, -0.2) is 10.8 Å². The molecule has 1 aromatic heterocycles. The average Bonchev–Trinajstić information content (AvgIpc) is 2.60. The molecular weight excluding hydrogens is 204 g/mol. The van der Waals surface area contributed by atoms with Crippen molar-refractivity contribution in [3.8, 4) is 6.07 Å². The summed E-state index contributed by atoms with van der Waals surface area (Å²) in [5, 5.41) is 10.2. The summed E-state index contributed by atoms with van der Waals surface area (Å²) in [7, 11) is 2.01. The third-order valence-electron chi connectivity index (χ3n) is 2.56. The van der Waals surface area contributed by atoms with Gasteiger partial charge in [0.15, 0.2) is 0 Å². The Morgan fingerprint density at radius 3 is 2.80 bits per heavy atom. The first kappa shape index (κ1) is 10.1. The lowest BCUT2D eigenvalue weighted by Gasteiger charge is -2.02. The van der Waals surface area contributed by atoms with Gasteiger partial charge >= 0.3 is 0 Å². The molecule has 1 aromatic carbocycles. The molecule has 0 aliphatic heterocycles. The quantitative estimate of drug-likeness (QED) is 0.771. The Kier molecular flexibility index (Phi) is 2.70. The molecule has 0 spiro atoms. The lowest BCUT2D eigenvalue weighted by Crippen LogP contribution is -1.87. The fourth-order valence-corrected chi connectivity index (χ4v) is 2.38. The summed E-state index contributed by atoms with van der Waals surface area (Å²) in [5.41, 5.74) is 2.30. The number of rotatable bonds is 2. The van der Waals surface area contributed by atoms with Gasteiger partial charge in [-0.15, -0.1) is 11.8 Å². The first-order valence-corrected chi connectivity index (χ1v) is 6.03. The van der Waals surface area contributed by atoms with Crippen molar-refractivity contribution < 1.29 is 0 Å². The van der Waals surface area contributed by atoms with E-state index in [4.69, 9.17) is 5.26 Å². The van der Waals surface area contributed by atoms with Crippen LogP contribution in [0.1, 0.15) is 10.8 Å². The van der Waals surface area contributed by atoms with Crippen LogP contribution < -0.4 is 0 Å². The second kappa shape index (κ2) is 4.00. The third kappa shape index (κ3) is 1.62. The molecule has 2 nitrogen and oxygen atoms in total. The molecule has 0 aliphatic rings. The summed E-state index contributed by atoms with van der Waals surface area (Å²) in [5.74, 6) is 0. The topological polar surface area (TPSA) is 28.7 Å². The Balaban J connectivity index is 2.67. The highest BCUT2D eigenvalue weighted by molar-refractivity contribution is 7.99. The van der Waals surface area contributed by atoms with E-state index in [1.165, 1.54) is 10.9 Å². The zero-order valence-electron chi connectivity index (χ0n) is 8.77. The van der Waals surface area contributed by atoms with Crippen molar-refractivity contribution >= 4 is 22.7 Å². The molecule has 76 valence electrons. The molecule has 2 aromatic rings. The van der Waals surface area contributed by atoms with Crippen LogP contribution in [0.3, 0.4) is 0 Å². The Hall–Kier alpha value is -1.40. The Morgan fingerprint density at radius 2 is 2.13 bits per heavy atom. The second-order valence-electron chi connectivity index (χ2n) is 3.46. The molecule has 2 rings (SSSR count). The van der Waals surface area contributed by atoms with Crippen molar-refractivity contribution in [1.29, 1.82) is 5.26 Å². The van der Waals surface area contributed by atoms with Crippen LogP contribution in [0.25, 0.3) is 10.9 Å². The van der Waals surface area contributed by atoms with Crippen LogP contribution in [0.15, 0.2) is 30.5 Å². The van der Waals surface area contributed by atoms with Crippen LogP contribution in [0.5, 0.6) is 0 Å². The van der Waals surface area contributed by atoms with Crippen LogP contribution >= 0.6 is 11.8 Å². The maximum atomic E-state index is 9.07. The van der Waals surface area contributed by atoms with Crippen molar-refractivity contribution in [3.63, 3.8) is 0 Å². The molecule has 0 aliphatic carbocycles. The van der Waals surface area contributed by atoms with Gasteiger partial charge in [0.1, 0.15) is 5.25 Å². The normalized spacial score (nSPS) is 12.6. The molecule has 15 heavy (non-hydrogen) atoms. The molecule has 0 bridgehead atoms. The van der Waals surface area contributed by atoms with E-state index in [0.29, 0.717) is 0 Å². The summed E-state index contributed by atoms with van der Waals surface area (Å²) in [6, 6.07) is 10.5. The van der Waals surface area contributed by atoms with Gasteiger partial charge in [0.2, 0.25) is 0 Å². The second-order valence-corrected chi connectivity index (χ2v) is 4.40. The van der Waals surface area contributed by atoms with E-state index in [0.717, 1.165) is 5.56 Å². The number of nitriles is 1. The number of hydrogen-bond donors (Lipinski definition) is 0. The van der Waals surface area contributed by atoms with Gasteiger partial charge in [0.05, 0.1) is 6.07 Å². The molecule has 0 saturated carbocycles. The maximum absolute atomic E-state index is 9.07. The number of aryl methyl sites for hydroxylation is 1. The highest BCUT2D eigenvalue weighted by Crippen LogP contribution is 2.32. The standard InChI is InChI=1S/C12H12N2S/c1-14-8-10(12(7-13)15-2)9-5-3-4-6-11(9)14/h3-6,8,12H,1-2H3. The Labute approximate surface area is 93.5 Å². The number of nitrogens with zero attached hydrogens (tertiary/aromatic N) is 2. The van der Waals surface area contributed by atoms with E-state index in [2.05, 4.69) is 29.0 Å². The summed E-state index contributed by atoms with van der Waals surface area (Å²) in [6.45, 7) is 0. The largest absolute Gasteiger partial charge is 0.350 e. The average molecular weight is 216 g/mol. The lowest BCUT2D eigenvalue weighted by atomic mass is 10.1. The molecule has 0 N–H and O–H groups in total. The number of benzene rings is 1. The minimum atomic E-state index is -0.0731. The highest BCUT2D eigenvalue weighted by Gasteiger charge is 2.14. The molecule has 1 heterocycles. The van der Waals surface area contributed by atoms with Gasteiger partial charge in [-0.05, 0) is 12.3 Å². The molecule has 0 radical (unpaired) electrons. The zero-order valence-corrected chi connectivity index (χ0v) is 9.58. The van der Waals surface area contributed by atoms with Gasteiger partial charge in [-0.2, -0.15) is 5.26 Å². The molecule has 0 amide bonds. The maximum Gasteiger partial charge on any atom is 0.118 e. The number of hydrogen-bond acceptors (Lipinski definition) is 2. The fourth-order valence-electron chi connectivity index (χ4n) is 1.83. The van der Waals surface area contributed by atoms with Gasteiger partial charge in [-0.1, -0.05) is 18.2 Å². The van der Waals surface area contributed by atoms with Gasteiger partial charge in [0.25, 0.3) is 0 Å². The van der Waals surface area contributed by atoms with E-state index in [9.17, 15) is 0 Å². The predicted molar refractivity (Wildman–Crippen MR) is 64.8 cm³/mol. The van der Waals surface area contributed by atoms with E-state index < -0.39 is 0 Å². The van der Waals surface area contributed by atoms with Gasteiger partial charge in [-0.25, -0.2) is 0 Å². The molecule has 3 heteroatoms. The van der Waals surface area contributed by atoms with Crippen molar-refractivity contribution in [1.82, 2.24) is 4.57 Å². The smallest absolute Gasteiger partial charge is 0.118 e. The monoisotopic (exact) mass is 216 g/mol. The van der Waals surface area contributed by atoms with Crippen molar-refractivity contribution in [2.45, 2.75) is 5.25 Å². The molecule has 0 fully saturated rings. The number of thioether (sulfide) groups is 1. The van der Waals surface area contributed by atoms with E-state index in [1.807, 2.05) is 25.4 Å². The molecule has 1 atom stereocenters. The summed E-state index contributed by atoms with van der Waals surface area (Å²) < 4.78 is 2.07. The number of fused-ring (bicyclic) bond motifs is 1. The van der Waals surface area contributed by atoms with Crippen molar-refractivity contribution in [3.05, 3.63) is 36.0 Å². The summed E-state index contributed by atoms with van der Waals surface area (Å²) in [4.78, 5) is 0. The predicted octanol–water partition coefficient (Wildman–Crippen LogP) is 3.11. The van der Waals surface area contributed by atoms with E-state index in [-0.39, 0.29) is 5.25 Å². The van der Waals surface area contributed by atoms with Crippen LogP contribution in [-0.2, 0) is 7.05 Å². The van der Waals surface area contributed by atoms with Crippen LogP contribution in [0.4, 0.5) is 0 Å². The third-order valence-corrected chi connectivity index (χ3v) is 3.39. The van der Waals surface area contributed by atoms with Crippen LogP contribution in [0, 0.1) is 11.3 Å². The minimum absolute atomic E-state index is 0.0731. The SMILES string of the molecule is CSC(C#N)c1cn(C)c2ccccc12. The molecular formula is C12H12N2S. The van der Waals surface area contributed by atoms with Gasteiger partial charge < -0.3 is 4.57 Å². The summed E-state index contributed by atoms with van der Waals surface area (Å²) in [6.07, 6.45) is 4.02. The Bertz CT molecular complexity index is 522. The first-order chi connectivity index (χ1) is 7.27. The van der Waals surface area contributed by atoms with Gasteiger partial charge in [-0.3, -0.25) is 0 Å². The van der Waals surface area contributed by atoms with E-state index in [1.54, 1.807) is 11.8 Å². The van der Waals surface area contributed by atoms with Crippen LogP contribution in [0.2, 0.25) is 0 Å². The van der Waals surface area contributed by atoms with Gasteiger partial charge in [0, 0.05) is 29.7 Å². The fraction of sp³-hybridized carbons (Fsp3) is 0.250. The minimum Gasteiger partial charge on any atom is -0.350 e. The zero-order chi connectivity index (χ0) is 10.8.